The van der Waals surface area contributed by atoms with Crippen molar-refractivity contribution in [1.29, 1.82) is 0 Å². The smallest absolute Gasteiger partial charge is 0.223 e. The number of amides is 1. The number of piperidine rings is 1. The van der Waals surface area contributed by atoms with E-state index < -0.39 is 6.10 Å². The number of hydrogen-bond acceptors (Lipinski definition) is 4. The number of rotatable bonds is 4. The van der Waals surface area contributed by atoms with Gasteiger partial charge in [0, 0.05) is 38.1 Å². The van der Waals surface area contributed by atoms with Gasteiger partial charge in [0.2, 0.25) is 5.91 Å². The first-order valence-corrected chi connectivity index (χ1v) is 10.3. The van der Waals surface area contributed by atoms with Gasteiger partial charge in [0.1, 0.15) is 0 Å². The topological polar surface area (TPSA) is 56.7 Å². The van der Waals surface area contributed by atoms with E-state index in [4.69, 9.17) is 0 Å². The third kappa shape index (κ3) is 4.10. The van der Waals surface area contributed by atoms with Crippen LogP contribution in [0.25, 0.3) is 0 Å². The number of aryl methyl sites for hydroxylation is 1. The lowest BCUT2D eigenvalue weighted by atomic mass is 9.90. The lowest BCUT2D eigenvalue weighted by molar-refractivity contribution is -0.116. The largest absolute Gasteiger partial charge is 0.387 e. The standard InChI is InChI=1S/C23H29N3O2/c1-17(27)26-12-2-3-20-15-21(4-5-22(20)26)23(28)16-25-13-8-19(9-14-25)18-6-10-24-11-7-18/h4-7,10-11,15,19,23,28H,2-3,8-9,12-14,16H2,1H3/t23-/m0/s1. The highest BCUT2D eigenvalue weighted by Crippen LogP contribution is 2.31. The molecule has 1 atom stereocenters. The monoisotopic (exact) mass is 379 g/mol. The van der Waals surface area contributed by atoms with Crippen molar-refractivity contribution >= 4 is 11.6 Å². The average Bonchev–Trinajstić information content (AvgIpc) is 2.74. The number of aliphatic hydroxyl groups excluding tert-OH is 1. The van der Waals surface area contributed by atoms with E-state index in [0.717, 1.165) is 56.6 Å². The zero-order chi connectivity index (χ0) is 19.5. The third-order valence-electron chi connectivity index (χ3n) is 6.18. The molecule has 4 rings (SSSR count). The predicted octanol–water partition coefficient (Wildman–Crippen LogP) is 3.29. The Morgan fingerprint density at radius 2 is 1.93 bits per heavy atom. The number of carbonyl (C=O) groups is 1. The number of nitrogens with zero attached hydrogens (tertiary/aromatic N) is 3. The SMILES string of the molecule is CC(=O)N1CCCc2cc([C@@H](O)CN3CCC(c4ccncc4)CC3)ccc21. The fraction of sp³-hybridized carbons (Fsp3) is 0.478. The van der Waals surface area contributed by atoms with E-state index in [2.05, 4.69) is 28.1 Å². The van der Waals surface area contributed by atoms with E-state index in [1.165, 1.54) is 11.1 Å². The van der Waals surface area contributed by atoms with E-state index >= 15 is 0 Å². The van der Waals surface area contributed by atoms with Crippen LogP contribution < -0.4 is 4.90 Å². The van der Waals surface area contributed by atoms with Crippen LogP contribution in [0.3, 0.4) is 0 Å². The fourth-order valence-electron chi connectivity index (χ4n) is 4.59. The molecule has 1 amide bonds. The van der Waals surface area contributed by atoms with Crippen LogP contribution in [0.2, 0.25) is 0 Å². The Labute approximate surface area is 167 Å². The van der Waals surface area contributed by atoms with Crippen molar-refractivity contribution in [2.24, 2.45) is 0 Å². The summed E-state index contributed by atoms with van der Waals surface area (Å²) in [6.45, 7) is 5.09. The summed E-state index contributed by atoms with van der Waals surface area (Å²) in [5.74, 6) is 0.684. The second-order valence-electron chi connectivity index (χ2n) is 8.03. The van der Waals surface area contributed by atoms with Crippen molar-refractivity contribution in [3.63, 3.8) is 0 Å². The summed E-state index contributed by atoms with van der Waals surface area (Å²) in [5.41, 5.74) is 4.52. The molecule has 1 fully saturated rings. The maximum Gasteiger partial charge on any atom is 0.223 e. The lowest BCUT2D eigenvalue weighted by Gasteiger charge is -2.34. The molecule has 0 saturated carbocycles. The van der Waals surface area contributed by atoms with Crippen LogP contribution in [0.5, 0.6) is 0 Å². The Morgan fingerprint density at radius 1 is 1.18 bits per heavy atom. The van der Waals surface area contributed by atoms with Gasteiger partial charge in [-0.05, 0) is 79.6 Å². The summed E-state index contributed by atoms with van der Waals surface area (Å²) in [6, 6.07) is 10.3. The summed E-state index contributed by atoms with van der Waals surface area (Å²) in [6.07, 6.45) is 7.44. The summed E-state index contributed by atoms with van der Waals surface area (Å²) < 4.78 is 0. The Balaban J connectivity index is 1.37. The fourth-order valence-corrected chi connectivity index (χ4v) is 4.59. The van der Waals surface area contributed by atoms with Gasteiger partial charge in [-0.1, -0.05) is 12.1 Å². The summed E-state index contributed by atoms with van der Waals surface area (Å²) in [7, 11) is 0. The molecular formula is C23H29N3O2. The molecule has 0 unspecified atom stereocenters. The van der Waals surface area contributed by atoms with Gasteiger partial charge in [-0.2, -0.15) is 0 Å². The van der Waals surface area contributed by atoms with Crippen molar-refractivity contribution in [2.75, 3.05) is 31.1 Å². The Morgan fingerprint density at radius 3 is 2.64 bits per heavy atom. The molecule has 1 saturated heterocycles. The Hall–Kier alpha value is -2.24. The molecule has 5 nitrogen and oxygen atoms in total. The van der Waals surface area contributed by atoms with Gasteiger partial charge in [-0.15, -0.1) is 0 Å². The van der Waals surface area contributed by atoms with E-state index in [-0.39, 0.29) is 5.91 Å². The molecule has 0 aliphatic carbocycles. The molecule has 2 aliphatic rings. The third-order valence-corrected chi connectivity index (χ3v) is 6.18. The number of pyridine rings is 1. The van der Waals surface area contributed by atoms with Gasteiger partial charge in [0.05, 0.1) is 6.10 Å². The van der Waals surface area contributed by atoms with Gasteiger partial charge in [-0.3, -0.25) is 9.78 Å². The predicted molar refractivity (Wildman–Crippen MR) is 110 cm³/mol. The van der Waals surface area contributed by atoms with Gasteiger partial charge in [0.25, 0.3) is 0 Å². The molecule has 0 spiro atoms. The maximum absolute atomic E-state index is 11.8. The van der Waals surface area contributed by atoms with Crippen molar-refractivity contribution in [3.05, 3.63) is 59.4 Å². The first kappa shape index (κ1) is 19.1. The first-order valence-electron chi connectivity index (χ1n) is 10.3. The minimum Gasteiger partial charge on any atom is -0.387 e. The minimum atomic E-state index is -0.490. The molecule has 2 aromatic rings. The number of β-amino-alcohol motifs (C(OH)–C–C–N with tert-alkyl or cyclic N) is 1. The number of likely N-dealkylation sites (tertiary alicyclic amines) is 1. The van der Waals surface area contributed by atoms with Crippen molar-refractivity contribution < 1.29 is 9.90 Å². The zero-order valence-electron chi connectivity index (χ0n) is 16.6. The number of anilines is 1. The molecule has 1 aromatic heterocycles. The number of fused-ring (bicyclic) bond motifs is 1. The van der Waals surface area contributed by atoms with Crippen LogP contribution in [0.4, 0.5) is 5.69 Å². The highest BCUT2D eigenvalue weighted by Gasteiger charge is 2.24. The summed E-state index contributed by atoms with van der Waals surface area (Å²) in [4.78, 5) is 20.2. The van der Waals surface area contributed by atoms with Gasteiger partial charge in [0.15, 0.2) is 0 Å². The second kappa shape index (κ2) is 8.41. The minimum absolute atomic E-state index is 0.0892. The maximum atomic E-state index is 11.8. The van der Waals surface area contributed by atoms with Crippen molar-refractivity contribution in [3.8, 4) is 0 Å². The molecule has 2 aliphatic heterocycles. The molecule has 28 heavy (non-hydrogen) atoms. The van der Waals surface area contributed by atoms with Gasteiger partial charge < -0.3 is 14.9 Å². The highest BCUT2D eigenvalue weighted by atomic mass is 16.3. The van der Waals surface area contributed by atoms with Crippen LogP contribution in [-0.2, 0) is 11.2 Å². The van der Waals surface area contributed by atoms with Crippen LogP contribution in [0.1, 0.15) is 54.9 Å². The first-order chi connectivity index (χ1) is 13.6. The van der Waals surface area contributed by atoms with E-state index in [1.54, 1.807) is 6.92 Å². The van der Waals surface area contributed by atoms with E-state index in [0.29, 0.717) is 12.5 Å². The molecular weight excluding hydrogens is 350 g/mol. The van der Waals surface area contributed by atoms with E-state index in [1.807, 2.05) is 29.4 Å². The summed E-state index contributed by atoms with van der Waals surface area (Å²) in [5, 5.41) is 10.8. The normalized spacial score (nSPS) is 19.3. The number of benzene rings is 1. The Bertz CT molecular complexity index is 816. The molecule has 148 valence electrons. The number of hydrogen-bond donors (Lipinski definition) is 1. The van der Waals surface area contributed by atoms with Crippen molar-refractivity contribution in [2.45, 2.75) is 44.6 Å². The van der Waals surface area contributed by atoms with Crippen LogP contribution in [-0.4, -0.2) is 47.1 Å². The van der Waals surface area contributed by atoms with Gasteiger partial charge in [-0.25, -0.2) is 0 Å². The van der Waals surface area contributed by atoms with Crippen LogP contribution in [0, 0.1) is 0 Å². The highest BCUT2D eigenvalue weighted by molar-refractivity contribution is 5.92. The van der Waals surface area contributed by atoms with Crippen LogP contribution >= 0.6 is 0 Å². The number of carbonyl (C=O) groups excluding carboxylic acids is 1. The van der Waals surface area contributed by atoms with E-state index in [9.17, 15) is 9.90 Å². The molecule has 0 radical (unpaired) electrons. The second-order valence-corrected chi connectivity index (χ2v) is 8.03. The summed E-state index contributed by atoms with van der Waals surface area (Å²) >= 11 is 0. The molecule has 1 N–H and O–H groups in total. The molecule has 1 aromatic carbocycles. The molecule has 3 heterocycles. The van der Waals surface area contributed by atoms with Gasteiger partial charge >= 0.3 is 0 Å². The number of aromatic nitrogens is 1. The quantitative estimate of drug-likeness (QED) is 0.886. The zero-order valence-corrected chi connectivity index (χ0v) is 16.6. The molecule has 0 bridgehead atoms. The molecule has 5 heteroatoms. The van der Waals surface area contributed by atoms with Crippen LogP contribution in [0.15, 0.2) is 42.7 Å². The average molecular weight is 380 g/mol. The van der Waals surface area contributed by atoms with Crippen molar-refractivity contribution in [1.82, 2.24) is 9.88 Å². The lowest BCUT2D eigenvalue weighted by Crippen LogP contribution is -2.36. The number of aliphatic hydroxyl groups is 1. The Kier molecular flexibility index (Phi) is 5.74.